The lowest BCUT2D eigenvalue weighted by molar-refractivity contribution is 0.296. The number of rotatable bonds is 3. The Kier molecular flexibility index (Phi) is 4.28. The Balaban J connectivity index is 2.30. The van der Waals surface area contributed by atoms with E-state index in [-0.39, 0.29) is 6.04 Å². The molecular formula is C14H22N2O2S. The molecule has 1 aliphatic rings. The smallest absolute Gasteiger partial charge is 0.243 e. The molecule has 1 heterocycles. The van der Waals surface area contributed by atoms with Crippen LogP contribution in [0.5, 0.6) is 0 Å². The van der Waals surface area contributed by atoms with E-state index >= 15 is 0 Å². The third-order valence-electron chi connectivity index (χ3n) is 3.81. The number of nitrogens with zero attached hydrogens (tertiary/aromatic N) is 1. The van der Waals surface area contributed by atoms with Crippen molar-refractivity contribution in [1.29, 1.82) is 0 Å². The predicted molar refractivity (Wildman–Crippen MR) is 76.8 cm³/mol. The number of nitrogens with one attached hydrogen (secondary N) is 1. The van der Waals surface area contributed by atoms with Crippen LogP contribution in [0, 0.1) is 13.8 Å². The maximum Gasteiger partial charge on any atom is 0.243 e. The SMILES string of the molecule is Cc1ccc(S(=O)(=O)N(C)C2CCNCC2)c(C)c1. The largest absolute Gasteiger partial charge is 0.317 e. The van der Waals surface area contributed by atoms with E-state index in [2.05, 4.69) is 5.32 Å². The fraction of sp³-hybridized carbons (Fsp3) is 0.571. The summed E-state index contributed by atoms with van der Waals surface area (Å²) in [6.45, 7) is 5.60. The molecule has 0 aromatic heterocycles. The second-order valence-corrected chi connectivity index (χ2v) is 7.24. The summed E-state index contributed by atoms with van der Waals surface area (Å²) in [5.74, 6) is 0. The number of hydrogen-bond donors (Lipinski definition) is 1. The monoisotopic (exact) mass is 282 g/mol. The highest BCUT2D eigenvalue weighted by molar-refractivity contribution is 7.89. The molecule has 1 fully saturated rings. The first kappa shape index (κ1) is 14.5. The van der Waals surface area contributed by atoms with Crippen LogP contribution in [0.1, 0.15) is 24.0 Å². The fourth-order valence-corrected chi connectivity index (χ4v) is 4.23. The van der Waals surface area contributed by atoms with Gasteiger partial charge in [0.25, 0.3) is 0 Å². The van der Waals surface area contributed by atoms with Gasteiger partial charge in [-0.05, 0) is 51.4 Å². The lowest BCUT2D eigenvalue weighted by Crippen LogP contribution is -2.44. The number of benzene rings is 1. The molecule has 0 aliphatic carbocycles. The molecule has 0 unspecified atom stereocenters. The van der Waals surface area contributed by atoms with Gasteiger partial charge in [-0.3, -0.25) is 0 Å². The van der Waals surface area contributed by atoms with E-state index in [9.17, 15) is 8.42 Å². The van der Waals surface area contributed by atoms with Crippen LogP contribution in [0.25, 0.3) is 0 Å². The topological polar surface area (TPSA) is 49.4 Å². The van der Waals surface area contributed by atoms with Crippen LogP contribution in [0.4, 0.5) is 0 Å². The quantitative estimate of drug-likeness (QED) is 0.917. The molecule has 2 rings (SSSR count). The van der Waals surface area contributed by atoms with Crippen LogP contribution in [0.3, 0.4) is 0 Å². The predicted octanol–water partition coefficient (Wildman–Crippen LogP) is 1.68. The molecule has 0 atom stereocenters. The van der Waals surface area contributed by atoms with E-state index < -0.39 is 10.0 Å². The van der Waals surface area contributed by atoms with Crippen LogP contribution >= 0.6 is 0 Å². The first-order valence-corrected chi connectivity index (χ1v) is 8.13. The number of aryl methyl sites for hydroxylation is 2. The van der Waals surface area contributed by atoms with Gasteiger partial charge < -0.3 is 5.32 Å². The maximum atomic E-state index is 12.7. The molecule has 1 aromatic carbocycles. The van der Waals surface area contributed by atoms with Gasteiger partial charge in [0.15, 0.2) is 0 Å². The zero-order valence-electron chi connectivity index (χ0n) is 11.8. The van der Waals surface area contributed by atoms with Crippen LogP contribution in [-0.2, 0) is 10.0 Å². The number of sulfonamides is 1. The summed E-state index contributed by atoms with van der Waals surface area (Å²) in [6, 6.07) is 5.60. The second kappa shape index (κ2) is 5.61. The minimum absolute atomic E-state index is 0.104. The van der Waals surface area contributed by atoms with Gasteiger partial charge in [0.1, 0.15) is 0 Å². The van der Waals surface area contributed by atoms with Crippen molar-refractivity contribution in [1.82, 2.24) is 9.62 Å². The second-order valence-electron chi connectivity index (χ2n) is 5.27. The third-order valence-corrected chi connectivity index (χ3v) is 5.88. The van der Waals surface area contributed by atoms with Crippen molar-refractivity contribution in [3.8, 4) is 0 Å². The molecule has 19 heavy (non-hydrogen) atoms. The van der Waals surface area contributed by atoms with Gasteiger partial charge in [-0.15, -0.1) is 0 Å². The van der Waals surface area contributed by atoms with Gasteiger partial charge in [0.2, 0.25) is 10.0 Å². The highest BCUT2D eigenvalue weighted by Gasteiger charge is 2.29. The average molecular weight is 282 g/mol. The summed E-state index contributed by atoms with van der Waals surface area (Å²) in [4.78, 5) is 0.430. The lowest BCUT2D eigenvalue weighted by Gasteiger charge is -2.31. The summed E-state index contributed by atoms with van der Waals surface area (Å²) in [6.07, 6.45) is 1.75. The van der Waals surface area contributed by atoms with Crippen molar-refractivity contribution < 1.29 is 8.42 Å². The molecule has 1 saturated heterocycles. The van der Waals surface area contributed by atoms with Gasteiger partial charge in [0, 0.05) is 13.1 Å². The van der Waals surface area contributed by atoms with E-state index in [1.54, 1.807) is 17.4 Å². The number of piperidine rings is 1. The minimum Gasteiger partial charge on any atom is -0.317 e. The summed E-state index contributed by atoms with van der Waals surface area (Å²) in [7, 11) is -1.68. The normalized spacial score (nSPS) is 17.9. The average Bonchev–Trinajstić information content (AvgIpc) is 2.38. The summed E-state index contributed by atoms with van der Waals surface area (Å²) >= 11 is 0. The van der Waals surface area contributed by atoms with Crippen LogP contribution in [0.15, 0.2) is 23.1 Å². The van der Waals surface area contributed by atoms with Gasteiger partial charge in [-0.25, -0.2) is 8.42 Å². The zero-order chi connectivity index (χ0) is 14.0. The number of hydrogen-bond acceptors (Lipinski definition) is 3. The van der Waals surface area contributed by atoms with Gasteiger partial charge in [-0.1, -0.05) is 17.7 Å². The minimum atomic E-state index is -3.38. The lowest BCUT2D eigenvalue weighted by atomic mass is 10.1. The highest BCUT2D eigenvalue weighted by atomic mass is 32.2. The molecule has 0 amide bonds. The van der Waals surface area contributed by atoms with E-state index in [0.29, 0.717) is 4.90 Å². The van der Waals surface area contributed by atoms with E-state index in [1.165, 1.54) is 0 Å². The first-order valence-electron chi connectivity index (χ1n) is 6.69. The molecule has 1 aromatic rings. The van der Waals surface area contributed by atoms with Gasteiger partial charge in [-0.2, -0.15) is 4.31 Å². The summed E-state index contributed by atoms with van der Waals surface area (Å²) in [5.41, 5.74) is 1.90. The Labute approximate surface area is 115 Å². The maximum absolute atomic E-state index is 12.7. The molecule has 0 spiro atoms. The molecule has 106 valence electrons. The van der Waals surface area contributed by atoms with Gasteiger partial charge in [0.05, 0.1) is 4.90 Å². The molecule has 0 bridgehead atoms. The molecule has 0 saturated carbocycles. The van der Waals surface area contributed by atoms with Crippen molar-refractivity contribution in [3.63, 3.8) is 0 Å². The molecule has 5 heteroatoms. The highest BCUT2D eigenvalue weighted by Crippen LogP contribution is 2.23. The van der Waals surface area contributed by atoms with Crippen molar-refractivity contribution in [2.45, 2.75) is 37.6 Å². The Morgan fingerprint density at radius 3 is 2.42 bits per heavy atom. The first-order chi connectivity index (χ1) is 8.93. The molecule has 1 aliphatic heterocycles. The Hall–Kier alpha value is -0.910. The Morgan fingerprint density at radius 1 is 1.21 bits per heavy atom. The van der Waals surface area contributed by atoms with Crippen molar-refractivity contribution >= 4 is 10.0 Å². The Morgan fingerprint density at radius 2 is 1.84 bits per heavy atom. The van der Waals surface area contributed by atoms with Gasteiger partial charge >= 0.3 is 0 Å². The third kappa shape index (κ3) is 2.99. The van der Waals surface area contributed by atoms with E-state index in [1.807, 2.05) is 26.0 Å². The van der Waals surface area contributed by atoms with Crippen LogP contribution < -0.4 is 5.32 Å². The molecule has 1 N–H and O–H groups in total. The summed E-state index contributed by atoms with van der Waals surface area (Å²) < 4.78 is 26.9. The van der Waals surface area contributed by atoms with E-state index in [0.717, 1.165) is 37.1 Å². The Bertz CT molecular complexity index is 549. The molecular weight excluding hydrogens is 260 g/mol. The fourth-order valence-electron chi connectivity index (χ4n) is 2.61. The zero-order valence-corrected chi connectivity index (χ0v) is 12.6. The molecule has 0 radical (unpaired) electrons. The van der Waals surface area contributed by atoms with Crippen molar-refractivity contribution in [2.75, 3.05) is 20.1 Å². The van der Waals surface area contributed by atoms with Crippen LogP contribution in [0.2, 0.25) is 0 Å². The molecule has 4 nitrogen and oxygen atoms in total. The van der Waals surface area contributed by atoms with E-state index in [4.69, 9.17) is 0 Å². The van der Waals surface area contributed by atoms with Crippen molar-refractivity contribution in [3.05, 3.63) is 29.3 Å². The van der Waals surface area contributed by atoms with Crippen LogP contribution in [-0.4, -0.2) is 38.9 Å². The standard InChI is InChI=1S/C14H22N2O2S/c1-11-4-5-14(12(2)10-11)19(17,18)16(3)13-6-8-15-9-7-13/h4-5,10,13,15H,6-9H2,1-3H3. The van der Waals surface area contributed by atoms with Crippen molar-refractivity contribution in [2.24, 2.45) is 0 Å². The summed E-state index contributed by atoms with van der Waals surface area (Å²) in [5, 5.41) is 3.26.